The number of hydrogen-bond donors (Lipinski definition) is 2. The molecule has 1 heterocycles. The van der Waals surface area contributed by atoms with Gasteiger partial charge in [-0.2, -0.15) is 0 Å². The highest BCUT2D eigenvalue weighted by atomic mass is 79.9. The lowest BCUT2D eigenvalue weighted by atomic mass is 9.87. The summed E-state index contributed by atoms with van der Waals surface area (Å²) in [6.45, 7) is 6.18. The largest absolute Gasteiger partial charge is 0.506 e. The van der Waals surface area contributed by atoms with E-state index in [0.29, 0.717) is 11.7 Å². The van der Waals surface area contributed by atoms with Crippen LogP contribution in [0.25, 0.3) is 0 Å². The fourth-order valence-corrected chi connectivity index (χ4v) is 2.90. The topological polar surface area (TPSA) is 32.3 Å². The second kappa shape index (κ2) is 4.76. The van der Waals surface area contributed by atoms with Crippen molar-refractivity contribution < 1.29 is 5.11 Å². The highest BCUT2D eigenvalue weighted by Gasteiger charge is 2.22. The Labute approximate surface area is 105 Å². The van der Waals surface area contributed by atoms with Gasteiger partial charge >= 0.3 is 0 Å². The van der Waals surface area contributed by atoms with Crippen LogP contribution < -0.4 is 5.32 Å². The lowest BCUT2D eigenvalue weighted by molar-refractivity contribution is 0.422. The van der Waals surface area contributed by atoms with E-state index in [1.807, 2.05) is 6.92 Å². The molecule has 16 heavy (non-hydrogen) atoms. The number of phenols is 1. The minimum Gasteiger partial charge on any atom is -0.506 e. The van der Waals surface area contributed by atoms with Gasteiger partial charge in [0.25, 0.3) is 0 Å². The molecule has 3 heteroatoms. The summed E-state index contributed by atoms with van der Waals surface area (Å²) >= 11 is 3.46. The van der Waals surface area contributed by atoms with E-state index in [-0.39, 0.29) is 0 Å². The summed E-state index contributed by atoms with van der Waals surface area (Å²) in [6, 6.07) is 2.15. The molecule has 1 aromatic carbocycles. The molecule has 1 aliphatic heterocycles. The Balaban J connectivity index is 2.42. The van der Waals surface area contributed by atoms with Crippen molar-refractivity contribution in [3.8, 4) is 5.75 Å². The van der Waals surface area contributed by atoms with Crippen molar-refractivity contribution in [3.05, 3.63) is 27.2 Å². The summed E-state index contributed by atoms with van der Waals surface area (Å²) in [5.41, 5.74) is 3.42. The number of aryl methyl sites for hydroxylation is 2. The van der Waals surface area contributed by atoms with Crippen molar-refractivity contribution in [1.29, 1.82) is 0 Å². The fraction of sp³-hybridized carbons (Fsp3) is 0.538. The van der Waals surface area contributed by atoms with Crippen molar-refractivity contribution in [3.63, 3.8) is 0 Å². The van der Waals surface area contributed by atoms with Crippen LogP contribution in [-0.2, 0) is 0 Å². The standard InChI is InChI=1S/C13H18BrNO/c1-8-6-9(2)12(14)13(16)11(8)10-4-3-5-15-7-10/h6,10,15-16H,3-5,7H2,1-2H3. The van der Waals surface area contributed by atoms with Crippen molar-refractivity contribution in [2.24, 2.45) is 0 Å². The van der Waals surface area contributed by atoms with E-state index in [9.17, 15) is 5.11 Å². The molecule has 88 valence electrons. The third kappa shape index (κ3) is 2.11. The first-order chi connectivity index (χ1) is 7.61. The predicted molar refractivity (Wildman–Crippen MR) is 70.1 cm³/mol. The molecule has 1 unspecified atom stereocenters. The van der Waals surface area contributed by atoms with Gasteiger partial charge in [-0.3, -0.25) is 0 Å². The first-order valence-electron chi connectivity index (χ1n) is 5.80. The molecule has 2 N–H and O–H groups in total. The molecule has 1 aromatic rings. The average molecular weight is 284 g/mol. The third-order valence-electron chi connectivity index (χ3n) is 3.37. The SMILES string of the molecule is Cc1cc(C)c(C2CCCNC2)c(O)c1Br. The second-order valence-corrected chi connectivity index (χ2v) is 5.42. The van der Waals surface area contributed by atoms with Gasteiger partial charge in [-0.1, -0.05) is 6.07 Å². The van der Waals surface area contributed by atoms with E-state index < -0.39 is 0 Å². The molecule has 2 rings (SSSR count). The zero-order chi connectivity index (χ0) is 11.7. The van der Waals surface area contributed by atoms with Crippen LogP contribution >= 0.6 is 15.9 Å². The van der Waals surface area contributed by atoms with Gasteiger partial charge in [0.2, 0.25) is 0 Å². The van der Waals surface area contributed by atoms with Crippen molar-refractivity contribution in [1.82, 2.24) is 5.32 Å². The highest BCUT2D eigenvalue weighted by Crippen LogP contribution is 2.39. The van der Waals surface area contributed by atoms with Crippen molar-refractivity contribution in [2.45, 2.75) is 32.6 Å². The fourth-order valence-electron chi connectivity index (χ4n) is 2.57. The summed E-state index contributed by atoms with van der Waals surface area (Å²) < 4.78 is 0.846. The lowest BCUT2D eigenvalue weighted by Crippen LogP contribution is -2.28. The van der Waals surface area contributed by atoms with Gasteiger partial charge in [0.05, 0.1) is 4.47 Å². The Bertz CT molecular complexity index is 397. The van der Waals surface area contributed by atoms with Gasteiger partial charge in [-0.15, -0.1) is 0 Å². The van der Waals surface area contributed by atoms with Crippen molar-refractivity contribution in [2.75, 3.05) is 13.1 Å². The van der Waals surface area contributed by atoms with Crippen LogP contribution in [-0.4, -0.2) is 18.2 Å². The van der Waals surface area contributed by atoms with Crippen LogP contribution in [0.3, 0.4) is 0 Å². The molecule has 2 nitrogen and oxygen atoms in total. The highest BCUT2D eigenvalue weighted by molar-refractivity contribution is 9.10. The van der Waals surface area contributed by atoms with E-state index >= 15 is 0 Å². The lowest BCUT2D eigenvalue weighted by Gasteiger charge is -2.26. The molecular weight excluding hydrogens is 266 g/mol. The number of benzene rings is 1. The monoisotopic (exact) mass is 283 g/mol. The summed E-state index contributed by atoms with van der Waals surface area (Å²) in [5, 5.41) is 13.6. The van der Waals surface area contributed by atoms with E-state index in [1.165, 1.54) is 12.0 Å². The van der Waals surface area contributed by atoms with Crippen LogP contribution in [0.15, 0.2) is 10.5 Å². The Morgan fingerprint density at radius 3 is 2.75 bits per heavy atom. The maximum atomic E-state index is 10.2. The van der Waals surface area contributed by atoms with E-state index in [2.05, 4.69) is 34.2 Å². The van der Waals surface area contributed by atoms with E-state index in [4.69, 9.17) is 0 Å². The first-order valence-corrected chi connectivity index (χ1v) is 6.60. The molecule has 0 aromatic heterocycles. The molecule has 0 aliphatic carbocycles. The summed E-state index contributed by atoms with van der Waals surface area (Å²) in [6.07, 6.45) is 2.35. The summed E-state index contributed by atoms with van der Waals surface area (Å²) in [4.78, 5) is 0. The number of halogens is 1. The molecule has 0 amide bonds. The summed E-state index contributed by atoms with van der Waals surface area (Å²) in [5.74, 6) is 0.886. The number of piperidine rings is 1. The number of phenolic OH excluding ortho intramolecular Hbond substituents is 1. The number of aromatic hydroxyl groups is 1. The van der Waals surface area contributed by atoms with Crippen LogP contribution in [0.4, 0.5) is 0 Å². The first kappa shape index (κ1) is 11.9. The molecule has 0 bridgehead atoms. The molecule has 1 fully saturated rings. The van der Waals surface area contributed by atoms with Gasteiger partial charge in [-0.25, -0.2) is 0 Å². The third-order valence-corrected chi connectivity index (χ3v) is 4.37. The molecule has 1 aliphatic rings. The molecular formula is C13H18BrNO. The van der Waals surface area contributed by atoms with E-state index in [0.717, 1.165) is 35.1 Å². The van der Waals surface area contributed by atoms with Gasteiger partial charge in [-0.05, 0) is 60.3 Å². The molecule has 0 radical (unpaired) electrons. The second-order valence-electron chi connectivity index (χ2n) is 4.63. The minimum atomic E-state index is 0.436. The predicted octanol–water partition coefficient (Wildman–Crippen LogP) is 3.24. The van der Waals surface area contributed by atoms with Gasteiger partial charge in [0, 0.05) is 18.0 Å². The zero-order valence-electron chi connectivity index (χ0n) is 9.81. The Morgan fingerprint density at radius 2 is 2.12 bits per heavy atom. The summed E-state index contributed by atoms with van der Waals surface area (Å²) in [7, 11) is 0. The Kier molecular flexibility index (Phi) is 3.55. The maximum Gasteiger partial charge on any atom is 0.133 e. The molecule has 1 saturated heterocycles. The molecule has 0 spiro atoms. The average Bonchev–Trinajstić information content (AvgIpc) is 2.28. The maximum absolute atomic E-state index is 10.2. The van der Waals surface area contributed by atoms with Crippen LogP contribution in [0.1, 0.15) is 35.4 Å². The van der Waals surface area contributed by atoms with Gasteiger partial charge in [0.15, 0.2) is 0 Å². The molecule has 1 atom stereocenters. The normalized spacial score (nSPS) is 21.1. The Hall–Kier alpha value is -0.540. The van der Waals surface area contributed by atoms with Gasteiger partial charge in [0.1, 0.15) is 5.75 Å². The zero-order valence-corrected chi connectivity index (χ0v) is 11.4. The van der Waals surface area contributed by atoms with Crippen molar-refractivity contribution >= 4 is 15.9 Å². The van der Waals surface area contributed by atoms with Crippen LogP contribution in [0.2, 0.25) is 0 Å². The smallest absolute Gasteiger partial charge is 0.133 e. The molecule has 0 saturated carbocycles. The number of hydrogen-bond acceptors (Lipinski definition) is 2. The number of nitrogens with one attached hydrogen (secondary N) is 1. The van der Waals surface area contributed by atoms with Gasteiger partial charge < -0.3 is 10.4 Å². The van der Waals surface area contributed by atoms with E-state index in [1.54, 1.807) is 0 Å². The van der Waals surface area contributed by atoms with Crippen LogP contribution in [0.5, 0.6) is 5.75 Å². The minimum absolute atomic E-state index is 0.436. The number of rotatable bonds is 1. The van der Waals surface area contributed by atoms with Crippen LogP contribution in [0, 0.1) is 13.8 Å². The quantitative estimate of drug-likeness (QED) is 0.829. The Morgan fingerprint density at radius 1 is 1.38 bits per heavy atom.